The third kappa shape index (κ3) is 3.79. The predicted octanol–water partition coefficient (Wildman–Crippen LogP) is 6.37. The van der Waals surface area contributed by atoms with E-state index in [0.717, 1.165) is 11.1 Å². The Kier molecular flexibility index (Phi) is 5.18. The summed E-state index contributed by atoms with van der Waals surface area (Å²) in [6.07, 6.45) is 0. The zero-order valence-corrected chi connectivity index (χ0v) is 17.1. The molecule has 0 aliphatic heterocycles. The number of aromatic nitrogens is 1. The Morgan fingerprint density at radius 1 is 1.10 bits per heavy atom. The van der Waals surface area contributed by atoms with Crippen LogP contribution in [-0.4, -0.2) is 18.0 Å². The average molecular weight is 427 g/mol. The highest BCUT2D eigenvalue weighted by molar-refractivity contribution is 6.38. The zero-order valence-electron chi connectivity index (χ0n) is 15.6. The lowest BCUT2D eigenvalue weighted by Gasteiger charge is -2.11. The SMILES string of the molecule is COc1cccc(C(=O)Nc2cccc(-c3nc4cc(Cl)cc(Cl)c4o3)c2C)c1. The lowest BCUT2D eigenvalue weighted by molar-refractivity contribution is 0.102. The van der Waals surface area contributed by atoms with Gasteiger partial charge in [0, 0.05) is 21.8 Å². The van der Waals surface area contributed by atoms with Crippen molar-refractivity contribution in [2.45, 2.75) is 6.92 Å². The summed E-state index contributed by atoms with van der Waals surface area (Å²) >= 11 is 12.3. The van der Waals surface area contributed by atoms with E-state index in [2.05, 4.69) is 10.3 Å². The third-order valence-electron chi connectivity index (χ3n) is 4.55. The second kappa shape index (κ2) is 7.78. The molecule has 4 aromatic rings. The molecular formula is C22H16Cl2N2O3. The van der Waals surface area contributed by atoms with Crippen LogP contribution in [0.4, 0.5) is 5.69 Å². The maximum Gasteiger partial charge on any atom is 0.255 e. The minimum Gasteiger partial charge on any atom is -0.497 e. The fourth-order valence-corrected chi connectivity index (χ4v) is 3.56. The Morgan fingerprint density at radius 3 is 2.69 bits per heavy atom. The van der Waals surface area contributed by atoms with Gasteiger partial charge in [-0.25, -0.2) is 4.98 Å². The normalized spacial score (nSPS) is 10.9. The van der Waals surface area contributed by atoms with Gasteiger partial charge in [0.1, 0.15) is 11.3 Å². The molecule has 7 heteroatoms. The number of benzene rings is 3. The van der Waals surface area contributed by atoms with Crippen molar-refractivity contribution in [1.29, 1.82) is 0 Å². The Labute approximate surface area is 177 Å². The smallest absolute Gasteiger partial charge is 0.255 e. The molecule has 29 heavy (non-hydrogen) atoms. The van der Waals surface area contributed by atoms with Crippen LogP contribution in [-0.2, 0) is 0 Å². The minimum absolute atomic E-state index is 0.239. The molecule has 1 aromatic heterocycles. The number of nitrogens with zero attached hydrogens (tertiary/aromatic N) is 1. The second-order valence-corrected chi connectivity index (χ2v) is 7.26. The standard InChI is InChI=1S/C22H16Cl2N2O3/c1-12-16(22-26-19-11-14(23)10-17(24)20(19)29-22)7-4-8-18(12)25-21(27)13-5-3-6-15(9-13)28-2/h3-11H,1-2H3,(H,25,27). The first-order valence-corrected chi connectivity index (χ1v) is 9.53. The van der Waals surface area contributed by atoms with E-state index in [9.17, 15) is 4.79 Å². The molecule has 0 saturated carbocycles. The monoisotopic (exact) mass is 426 g/mol. The number of halogens is 2. The lowest BCUT2D eigenvalue weighted by Crippen LogP contribution is -2.13. The number of hydrogen-bond acceptors (Lipinski definition) is 4. The van der Waals surface area contributed by atoms with E-state index in [-0.39, 0.29) is 5.91 Å². The van der Waals surface area contributed by atoms with Crippen LogP contribution in [0.1, 0.15) is 15.9 Å². The van der Waals surface area contributed by atoms with Crippen LogP contribution in [0.15, 0.2) is 59.0 Å². The zero-order chi connectivity index (χ0) is 20.5. The number of anilines is 1. The number of ether oxygens (including phenoxy) is 1. The number of carbonyl (C=O) groups is 1. The molecule has 0 saturated heterocycles. The highest BCUT2D eigenvalue weighted by Gasteiger charge is 2.16. The topological polar surface area (TPSA) is 64.4 Å². The lowest BCUT2D eigenvalue weighted by atomic mass is 10.1. The van der Waals surface area contributed by atoms with Crippen molar-refractivity contribution in [1.82, 2.24) is 4.98 Å². The Bertz CT molecular complexity index is 1230. The van der Waals surface area contributed by atoms with Crippen molar-refractivity contribution in [3.8, 4) is 17.2 Å². The molecule has 0 spiro atoms. The molecular weight excluding hydrogens is 411 g/mol. The van der Waals surface area contributed by atoms with Crippen molar-refractivity contribution in [3.63, 3.8) is 0 Å². The summed E-state index contributed by atoms with van der Waals surface area (Å²) in [5, 5.41) is 3.81. The Hall–Kier alpha value is -3.02. The summed E-state index contributed by atoms with van der Waals surface area (Å²) in [7, 11) is 1.56. The minimum atomic E-state index is -0.239. The van der Waals surface area contributed by atoms with Gasteiger partial charge in [0.2, 0.25) is 5.89 Å². The molecule has 1 heterocycles. The molecule has 1 amide bonds. The summed E-state index contributed by atoms with van der Waals surface area (Å²) < 4.78 is 11.0. The van der Waals surface area contributed by atoms with E-state index in [1.54, 1.807) is 43.5 Å². The van der Waals surface area contributed by atoms with Crippen LogP contribution in [0.2, 0.25) is 10.0 Å². The first-order valence-electron chi connectivity index (χ1n) is 8.77. The van der Waals surface area contributed by atoms with Gasteiger partial charge in [0.15, 0.2) is 5.58 Å². The van der Waals surface area contributed by atoms with Crippen molar-refractivity contribution in [2.24, 2.45) is 0 Å². The molecule has 0 unspecified atom stereocenters. The number of methoxy groups -OCH3 is 1. The fourth-order valence-electron chi connectivity index (χ4n) is 3.04. The van der Waals surface area contributed by atoms with Crippen molar-refractivity contribution in [3.05, 3.63) is 75.8 Å². The van der Waals surface area contributed by atoms with Gasteiger partial charge in [-0.3, -0.25) is 4.79 Å². The van der Waals surface area contributed by atoms with Gasteiger partial charge in [-0.2, -0.15) is 0 Å². The van der Waals surface area contributed by atoms with Gasteiger partial charge in [0.05, 0.1) is 12.1 Å². The number of rotatable bonds is 4. The van der Waals surface area contributed by atoms with E-state index < -0.39 is 0 Å². The average Bonchev–Trinajstić information content (AvgIpc) is 3.13. The van der Waals surface area contributed by atoms with Gasteiger partial charge in [-0.05, 0) is 55.0 Å². The molecule has 1 N–H and O–H groups in total. The van der Waals surface area contributed by atoms with Crippen LogP contribution >= 0.6 is 23.2 Å². The Morgan fingerprint density at radius 2 is 1.90 bits per heavy atom. The first-order chi connectivity index (χ1) is 14.0. The molecule has 0 radical (unpaired) electrons. The highest BCUT2D eigenvalue weighted by atomic mass is 35.5. The predicted molar refractivity (Wildman–Crippen MR) is 115 cm³/mol. The van der Waals surface area contributed by atoms with Gasteiger partial charge >= 0.3 is 0 Å². The quantitative estimate of drug-likeness (QED) is 0.411. The van der Waals surface area contributed by atoms with E-state index >= 15 is 0 Å². The fraction of sp³-hybridized carbons (Fsp3) is 0.0909. The van der Waals surface area contributed by atoms with Gasteiger partial charge in [-0.1, -0.05) is 35.3 Å². The maximum atomic E-state index is 12.7. The molecule has 3 aromatic carbocycles. The Balaban J connectivity index is 1.69. The van der Waals surface area contributed by atoms with Crippen LogP contribution < -0.4 is 10.1 Å². The molecule has 0 aliphatic carbocycles. The summed E-state index contributed by atoms with van der Waals surface area (Å²) in [6, 6.07) is 15.8. The van der Waals surface area contributed by atoms with Crippen LogP contribution in [0, 0.1) is 6.92 Å². The number of carbonyl (C=O) groups excluding carboxylic acids is 1. The van der Waals surface area contributed by atoms with Crippen molar-refractivity contribution >= 4 is 45.9 Å². The number of hydrogen-bond donors (Lipinski definition) is 1. The van der Waals surface area contributed by atoms with Gasteiger partial charge < -0.3 is 14.5 Å². The number of nitrogens with one attached hydrogen (secondary N) is 1. The first kappa shape index (κ1) is 19.3. The summed E-state index contributed by atoms with van der Waals surface area (Å²) in [5.74, 6) is 0.779. The maximum absolute atomic E-state index is 12.7. The van der Waals surface area contributed by atoms with Crippen LogP contribution in [0.5, 0.6) is 5.75 Å². The molecule has 5 nitrogen and oxygen atoms in total. The van der Waals surface area contributed by atoms with Crippen molar-refractivity contribution in [2.75, 3.05) is 12.4 Å². The summed E-state index contributed by atoms with van der Waals surface area (Å²) in [6.45, 7) is 1.89. The number of amides is 1. The van der Waals surface area contributed by atoms with E-state index in [0.29, 0.717) is 44.0 Å². The molecule has 146 valence electrons. The summed E-state index contributed by atoms with van der Waals surface area (Å²) in [4.78, 5) is 17.2. The van der Waals surface area contributed by atoms with E-state index in [4.69, 9.17) is 32.4 Å². The highest BCUT2D eigenvalue weighted by Crippen LogP contribution is 2.34. The van der Waals surface area contributed by atoms with Crippen molar-refractivity contribution < 1.29 is 13.9 Å². The van der Waals surface area contributed by atoms with E-state index in [1.807, 2.05) is 25.1 Å². The number of oxazole rings is 1. The largest absolute Gasteiger partial charge is 0.497 e. The van der Waals surface area contributed by atoms with Gasteiger partial charge in [0.25, 0.3) is 5.91 Å². The molecule has 0 bridgehead atoms. The molecule has 0 fully saturated rings. The second-order valence-electron chi connectivity index (χ2n) is 6.42. The third-order valence-corrected chi connectivity index (χ3v) is 5.05. The molecule has 4 rings (SSSR count). The molecule has 0 aliphatic rings. The van der Waals surface area contributed by atoms with Crippen LogP contribution in [0.25, 0.3) is 22.6 Å². The van der Waals surface area contributed by atoms with E-state index in [1.165, 1.54) is 0 Å². The van der Waals surface area contributed by atoms with Crippen LogP contribution in [0.3, 0.4) is 0 Å². The van der Waals surface area contributed by atoms with Gasteiger partial charge in [-0.15, -0.1) is 0 Å². The summed E-state index contributed by atoms with van der Waals surface area (Å²) in [5.41, 5.74) is 3.76. The molecule has 0 atom stereocenters. The number of fused-ring (bicyclic) bond motifs is 1.